The van der Waals surface area contributed by atoms with Gasteiger partial charge in [-0.2, -0.15) is 0 Å². The van der Waals surface area contributed by atoms with E-state index in [-0.39, 0.29) is 0 Å². The molecule has 0 aromatic heterocycles. The van der Waals surface area contributed by atoms with Crippen LogP contribution in [0.4, 0.5) is 0 Å². The third-order valence-corrected chi connectivity index (χ3v) is 4.14. The fraction of sp³-hybridized carbons (Fsp3) is 0.571. The number of rotatable bonds is 4. The highest BCUT2D eigenvalue weighted by atomic mass is 79.9. The van der Waals surface area contributed by atoms with E-state index in [0.717, 1.165) is 40.3 Å². The first-order valence-corrected chi connectivity index (χ1v) is 7.30. The Kier molecular flexibility index (Phi) is 3.48. The molecule has 18 heavy (non-hydrogen) atoms. The summed E-state index contributed by atoms with van der Waals surface area (Å²) in [6.45, 7) is 1.15. The topological polar surface area (TPSA) is 38.7 Å². The van der Waals surface area contributed by atoms with E-state index in [1.165, 1.54) is 12.8 Å². The minimum Gasteiger partial charge on any atom is -0.486 e. The molecule has 4 heteroatoms. The molecule has 1 aliphatic heterocycles. The molecule has 3 nitrogen and oxygen atoms in total. The minimum atomic E-state index is -0.405. The zero-order chi connectivity index (χ0) is 12.5. The molecule has 0 radical (unpaired) electrons. The van der Waals surface area contributed by atoms with Crippen LogP contribution in [0, 0.1) is 5.92 Å². The molecule has 1 heterocycles. The molecule has 0 saturated heterocycles. The molecular weight excluding hydrogens is 296 g/mol. The van der Waals surface area contributed by atoms with Crippen molar-refractivity contribution in [3.63, 3.8) is 0 Å². The van der Waals surface area contributed by atoms with Gasteiger partial charge in [-0.1, -0.05) is 12.8 Å². The predicted octanol–water partition coefficient (Wildman–Crippen LogP) is 3.44. The van der Waals surface area contributed by atoms with Gasteiger partial charge in [-0.3, -0.25) is 0 Å². The maximum atomic E-state index is 10.2. The second-order valence-electron chi connectivity index (χ2n) is 5.06. The zero-order valence-corrected chi connectivity index (χ0v) is 11.8. The molecule has 1 atom stereocenters. The number of aliphatic hydroxyl groups excluding tert-OH is 1. The molecule has 0 amide bonds. The molecule has 1 aromatic rings. The van der Waals surface area contributed by atoms with E-state index < -0.39 is 6.10 Å². The van der Waals surface area contributed by atoms with E-state index in [2.05, 4.69) is 15.9 Å². The van der Waals surface area contributed by atoms with Crippen molar-refractivity contribution in [2.24, 2.45) is 5.92 Å². The van der Waals surface area contributed by atoms with E-state index in [9.17, 15) is 5.11 Å². The fourth-order valence-electron chi connectivity index (χ4n) is 2.29. The highest BCUT2D eigenvalue weighted by molar-refractivity contribution is 9.10. The Hall–Kier alpha value is -0.740. The van der Waals surface area contributed by atoms with Crippen LogP contribution in [0.1, 0.15) is 37.4 Å². The Labute approximate surface area is 115 Å². The van der Waals surface area contributed by atoms with Gasteiger partial charge in [0, 0.05) is 0 Å². The molecule has 0 bridgehead atoms. The summed E-state index contributed by atoms with van der Waals surface area (Å²) in [6.07, 6.45) is 4.21. The third kappa shape index (κ3) is 2.64. The van der Waals surface area contributed by atoms with Gasteiger partial charge in [0.15, 0.2) is 11.5 Å². The molecular formula is C14H17BrO3. The van der Waals surface area contributed by atoms with Crippen molar-refractivity contribution in [3.05, 3.63) is 22.2 Å². The van der Waals surface area contributed by atoms with Gasteiger partial charge >= 0.3 is 0 Å². The second kappa shape index (κ2) is 5.10. The highest BCUT2D eigenvalue weighted by Gasteiger charge is 2.24. The number of ether oxygens (including phenoxy) is 2. The van der Waals surface area contributed by atoms with Gasteiger partial charge in [0.05, 0.1) is 10.6 Å². The number of fused-ring (bicyclic) bond motifs is 1. The lowest BCUT2D eigenvalue weighted by molar-refractivity contribution is 0.155. The molecule has 1 N–H and O–H groups in total. The average molecular weight is 313 g/mol. The van der Waals surface area contributed by atoms with Crippen LogP contribution >= 0.6 is 15.9 Å². The van der Waals surface area contributed by atoms with Crippen LogP contribution in [0.5, 0.6) is 11.5 Å². The van der Waals surface area contributed by atoms with E-state index in [0.29, 0.717) is 13.2 Å². The standard InChI is InChI=1S/C14H17BrO3/c15-11-7-10(12(16)4-3-9-1-2-9)8-13-14(11)18-6-5-17-13/h7-9,12,16H,1-6H2. The van der Waals surface area contributed by atoms with Crippen LogP contribution in [0.25, 0.3) is 0 Å². The summed E-state index contributed by atoms with van der Waals surface area (Å²) in [6, 6.07) is 3.84. The summed E-state index contributed by atoms with van der Waals surface area (Å²) in [5.41, 5.74) is 0.909. The third-order valence-electron chi connectivity index (χ3n) is 3.55. The molecule has 3 rings (SSSR count). The fourth-order valence-corrected chi connectivity index (χ4v) is 2.86. The van der Waals surface area contributed by atoms with Crippen LogP contribution in [0.2, 0.25) is 0 Å². The van der Waals surface area contributed by atoms with Gasteiger partial charge in [0.1, 0.15) is 13.2 Å². The van der Waals surface area contributed by atoms with Crippen LogP contribution in [0.3, 0.4) is 0 Å². The van der Waals surface area contributed by atoms with Gasteiger partial charge in [-0.25, -0.2) is 0 Å². The van der Waals surface area contributed by atoms with Crippen LogP contribution < -0.4 is 9.47 Å². The first-order chi connectivity index (χ1) is 8.74. The van der Waals surface area contributed by atoms with E-state index >= 15 is 0 Å². The smallest absolute Gasteiger partial charge is 0.175 e. The highest BCUT2D eigenvalue weighted by Crippen LogP contribution is 2.41. The van der Waals surface area contributed by atoms with Gasteiger partial charge < -0.3 is 14.6 Å². The summed E-state index contributed by atoms with van der Waals surface area (Å²) in [5.74, 6) is 2.33. The first kappa shape index (κ1) is 12.3. The maximum absolute atomic E-state index is 10.2. The number of halogens is 1. The van der Waals surface area contributed by atoms with E-state index in [4.69, 9.17) is 9.47 Å². The second-order valence-corrected chi connectivity index (χ2v) is 5.92. The van der Waals surface area contributed by atoms with Gasteiger partial charge in [0.2, 0.25) is 0 Å². The Balaban J connectivity index is 1.76. The lowest BCUT2D eigenvalue weighted by atomic mass is 10.0. The number of hydrogen-bond acceptors (Lipinski definition) is 3. The van der Waals surface area contributed by atoms with Crippen molar-refractivity contribution < 1.29 is 14.6 Å². The molecule has 1 aromatic carbocycles. The summed E-state index contributed by atoms with van der Waals surface area (Å²) < 4.78 is 12.0. The molecule has 1 saturated carbocycles. The lowest BCUT2D eigenvalue weighted by Gasteiger charge is -2.21. The Morgan fingerprint density at radius 3 is 2.83 bits per heavy atom. The Bertz CT molecular complexity index is 443. The summed E-state index contributed by atoms with van der Waals surface area (Å²) in [7, 11) is 0. The normalized spacial score (nSPS) is 19.7. The predicted molar refractivity (Wildman–Crippen MR) is 72.0 cm³/mol. The van der Waals surface area contributed by atoms with E-state index in [1.807, 2.05) is 12.1 Å². The minimum absolute atomic E-state index is 0.405. The summed E-state index contributed by atoms with van der Waals surface area (Å²) >= 11 is 3.48. The van der Waals surface area contributed by atoms with E-state index in [1.54, 1.807) is 0 Å². The monoisotopic (exact) mass is 312 g/mol. The van der Waals surface area contributed by atoms with Crippen LogP contribution in [-0.4, -0.2) is 18.3 Å². The van der Waals surface area contributed by atoms with Crippen LogP contribution in [0.15, 0.2) is 16.6 Å². The van der Waals surface area contributed by atoms with Gasteiger partial charge in [-0.15, -0.1) is 0 Å². The van der Waals surface area contributed by atoms with Crippen molar-refractivity contribution in [3.8, 4) is 11.5 Å². The van der Waals surface area contributed by atoms with Gasteiger partial charge in [0.25, 0.3) is 0 Å². The van der Waals surface area contributed by atoms with Crippen LogP contribution in [-0.2, 0) is 0 Å². The molecule has 2 aliphatic rings. The van der Waals surface area contributed by atoms with Crippen molar-refractivity contribution in [1.82, 2.24) is 0 Å². The number of aliphatic hydroxyl groups is 1. The van der Waals surface area contributed by atoms with Crippen molar-refractivity contribution >= 4 is 15.9 Å². The first-order valence-electron chi connectivity index (χ1n) is 6.51. The lowest BCUT2D eigenvalue weighted by Crippen LogP contribution is -2.16. The summed E-state index contributed by atoms with van der Waals surface area (Å²) in [4.78, 5) is 0. The Morgan fingerprint density at radius 1 is 1.28 bits per heavy atom. The zero-order valence-electron chi connectivity index (χ0n) is 10.2. The average Bonchev–Trinajstić information content (AvgIpc) is 3.20. The SMILES string of the molecule is OC(CCC1CC1)c1cc(Br)c2c(c1)OCCO2. The maximum Gasteiger partial charge on any atom is 0.175 e. The van der Waals surface area contributed by atoms with Crippen molar-refractivity contribution in [1.29, 1.82) is 0 Å². The van der Waals surface area contributed by atoms with Gasteiger partial charge in [-0.05, 0) is 52.4 Å². The van der Waals surface area contributed by atoms with Crippen molar-refractivity contribution in [2.45, 2.75) is 31.8 Å². The largest absolute Gasteiger partial charge is 0.486 e. The Morgan fingerprint density at radius 2 is 2.06 bits per heavy atom. The molecule has 98 valence electrons. The quantitative estimate of drug-likeness (QED) is 0.925. The number of benzene rings is 1. The number of hydrogen-bond donors (Lipinski definition) is 1. The molecule has 1 fully saturated rings. The van der Waals surface area contributed by atoms with Crippen molar-refractivity contribution in [2.75, 3.05) is 13.2 Å². The molecule has 1 aliphatic carbocycles. The molecule has 0 spiro atoms. The summed E-state index contributed by atoms with van der Waals surface area (Å²) in [5, 5.41) is 10.2. The molecule has 1 unspecified atom stereocenters.